The Morgan fingerprint density at radius 2 is 1.38 bits per heavy atom. The van der Waals surface area contributed by atoms with Gasteiger partial charge in [-0.2, -0.15) is 0 Å². The van der Waals surface area contributed by atoms with Gasteiger partial charge in [0.1, 0.15) is 11.4 Å². The van der Waals surface area contributed by atoms with Gasteiger partial charge in [0.25, 0.3) is 0 Å². The van der Waals surface area contributed by atoms with Gasteiger partial charge in [-0.15, -0.1) is 10.2 Å². The van der Waals surface area contributed by atoms with Crippen LogP contribution in [0.15, 0.2) is 42.5 Å². The topological polar surface area (TPSA) is 38.7 Å². The average molecular weight is 442 g/mol. The molecule has 0 aliphatic heterocycles. The summed E-state index contributed by atoms with van der Waals surface area (Å²) in [5.41, 5.74) is 0.993. The minimum absolute atomic E-state index is 0.0783. The molecule has 3 nitrogen and oxygen atoms in total. The largest absolute Gasteiger partial charge is 0.234 e. The van der Waals surface area contributed by atoms with Crippen molar-refractivity contribution in [2.45, 2.75) is 7.59 Å². The molecular formula is C15H7Cl6N3. The SMILES string of the molecule is ClC(Cl)(Cl)c1nnnc(-c2cccc3ccccc23)c1C(Cl)(Cl)Cl. The van der Waals surface area contributed by atoms with Crippen molar-refractivity contribution in [2.24, 2.45) is 0 Å². The van der Waals surface area contributed by atoms with Gasteiger partial charge in [-0.3, -0.25) is 0 Å². The highest BCUT2D eigenvalue weighted by molar-refractivity contribution is 6.69. The highest BCUT2D eigenvalue weighted by Crippen LogP contribution is 2.50. The molecule has 0 fully saturated rings. The van der Waals surface area contributed by atoms with Crippen molar-refractivity contribution in [3.63, 3.8) is 0 Å². The van der Waals surface area contributed by atoms with E-state index in [0.29, 0.717) is 11.3 Å². The minimum atomic E-state index is -1.92. The molecule has 1 aromatic heterocycles. The second-order valence-corrected chi connectivity index (χ2v) is 9.45. The second kappa shape index (κ2) is 6.64. The van der Waals surface area contributed by atoms with E-state index in [1.807, 2.05) is 42.5 Å². The Kier molecular flexibility index (Phi) is 5.05. The van der Waals surface area contributed by atoms with Gasteiger partial charge < -0.3 is 0 Å². The molecule has 0 atom stereocenters. The van der Waals surface area contributed by atoms with Crippen LogP contribution in [0.2, 0.25) is 0 Å². The van der Waals surface area contributed by atoms with Crippen molar-refractivity contribution < 1.29 is 0 Å². The lowest BCUT2D eigenvalue weighted by Crippen LogP contribution is -2.18. The Morgan fingerprint density at radius 1 is 0.708 bits per heavy atom. The van der Waals surface area contributed by atoms with Crippen molar-refractivity contribution in [2.75, 3.05) is 0 Å². The van der Waals surface area contributed by atoms with E-state index >= 15 is 0 Å². The fourth-order valence-electron chi connectivity index (χ4n) is 2.41. The molecule has 0 saturated carbocycles. The fourth-order valence-corrected chi connectivity index (χ4v) is 3.35. The van der Waals surface area contributed by atoms with Crippen LogP contribution in [0.1, 0.15) is 11.3 Å². The molecular weight excluding hydrogens is 435 g/mol. The molecule has 0 aliphatic carbocycles. The lowest BCUT2D eigenvalue weighted by Gasteiger charge is -2.22. The zero-order chi connectivity index (χ0) is 17.5. The summed E-state index contributed by atoms with van der Waals surface area (Å²) in [6.07, 6.45) is 0. The molecule has 0 unspecified atom stereocenters. The number of rotatable bonds is 1. The first-order valence-electron chi connectivity index (χ1n) is 6.55. The van der Waals surface area contributed by atoms with E-state index in [1.165, 1.54) is 0 Å². The summed E-state index contributed by atoms with van der Waals surface area (Å²) >= 11 is 36.3. The first kappa shape index (κ1) is 18.2. The molecule has 2 aromatic carbocycles. The van der Waals surface area contributed by atoms with Crippen molar-refractivity contribution in [1.82, 2.24) is 15.4 Å². The quantitative estimate of drug-likeness (QED) is 0.413. The standard InChI is InChI=1S/C15H7Cl6N3/c16-14(17,18)11-12(22-24-23-13(11)15(19,20)21)10-7-3-5-8-4-1-2-6-9(8)10/h1-7H. The van der Waals surface area contributed by atoms with E-state index < -0.39 is 7.59 Å². The molecule has 0 aliphatic rings. The van der Waals surface area contributed by atoms with Crippen LogP contribution in [0.25, 0.3) is 22.0 Å². The summed E-state index contributed by atoms with van der Waals surface area (Å²) in [6, 6.07) is 13.3. The number of nitrogens with zero attached hydrogens (tertiary/aromatic N) is 3. The van der Waals surface area contributed by atoms with Gasteiger partial charge >= 0.3 is 0 Å². The minimum Gasteiger partial charge on any atom is -0.130 e. The van der Waals surface area contributed by atoms with Crippen molar-refractivity contribution in [1.29, 1.82) is 0 Å². The Labute approximate surface area is 167 Å². The van der Waals surface area contributed by atoms with Gasteiger partial charge in [0.15, 0.2) is 0 Å². The third-order valence-corrected chi connectivity index (χ3v) is 4.46. The summed E-state index contributed by atoms with van der Waals surface area (Å²) in [5.74, 6) is 0. The Balaban J connectivity index is 2.40. The smallest absolute Gasteiger partial charge is 0.130 e. The Morgan fingerprint density at radius 3 is 2.04 bits per heavy atom. The van der Waals surface area contributed by atoms with Crippen LogP contribution in [0.3, 0.4) is 0 Å². The molecule has 0 radical (unpaired) electrons. The highest BCUT2D eigenvalue weighted by atomic mass is 35.6. The van der Waals surface area contributed by atoms with Gasteiger partial charge in [-0.25, -0.2) is 0 Å². The fraction of sp³-hybridized carbons (Fsp3) is 0.133. The van der Waals surface area contributed by atoms with Crippen molar-refractivity contribution in [3.05, 3.63) is 53.7 Å². The van der Waals surface area contributed by atoms with E-state index in [-0.39, 0.29) is 11.3 Å². The maximum atomic E-state index is 6.12. The zero-order valence-corrected chi connectivity index (χ0v) is 16.2. The molecule has 0 saturated heterocycles. The van der Waals surface area contributed by atoms with Crippen LogP contribution in [-0.2, 0) is 7.59 Å². The molecule has 0 amide bonds. The number of halogens is 6. The molecule has 0 spiro atoms. The number of alkyl halides is 6. The molecule has 3 aromatic rings. The second-order valence-electron chi connectivity index (χ2n) is 4.88. The van der Waals surface area contributed by atoms with E-state index in [1.54, 1.807) is 0 Å². The van der Waals surface area contributed by atoms with E-state index in [0.717, 1.165) is 10.8 Å². The zero-order valence-electron chi connectivity index (χ0n) is 11.7. The molecule has 1 heterocycles. The predicted molar refractivity (Wildman–Crippen MR) is 101 cm³/mol. The van der Waals surface area contributed by atoms with Gasteiger partial charge in [-0.1, -0.05) is 112 Å². The van der Waals surface area contributed by atoms with Crippen LogP contribution >= 0.6 is 69.6 Å². The first-order chi connectivity index (χ1) is 11.2. The van der Waals surface area contributed by atoms with Gasteiger partial charge in [0.05, 0.1) is 5.56 Å². The number of hydrogen-bond acceptors (Lipinski definition) is 3. The van der Waals surface area contributed by atoms with E-state index in [9.17, 15) is 0 Å². The first-order valence-corrected chi connectivity index (χ1v) is 8.82. The van der Waals surface area contributed by atoms with Crippen molar-refractivity contribution in [3.8, 4) is 11.3 Å². The average Bonchev–Trinajstić information content (AvgIpc) is 2.52. The maximum Gasteiger partial charge on any atom is 0.234 e. The Bertz CT molecular complexity index is 896. The molecule has 3 rings (SSSR count). The van der Waals surface area contributed by atoms with Crippen LogP contribution in [0.5, 0.6) is 0 Å². The van der Waals surface area contributed by atoms with E-state index in [4.69, 9.17) is 69.6 Å². The van der Waals surface area contributed by atoms with Crippen molar-refractivity contribution >= 4 is 80.4 Å². The molecule has 0 bridgehead atoms. The highest BCUT2D eigenvalue weighted by Gasteiger charge is 2.40. The summed E-state index contributed by atoms with van der Waals surface area (Å²) in [6.45, 7) is 0. The summed E-state index contributed by atoms with van der Waals surface area (Å²) in [4.78, 5) is 0. The molecule has 0 N–H and O–H groups in total. The number of benzene rings is 2. The third kappa shape index (κ3) is 3.52. The number of hydrogen-bond donors (Lipinski definition) is 0. The van der Waals surface area contributed by atoms with Gasteiger partial charge in [-0.05, 0) is 16.0 Å². The monoisotopic (exact) mass is 439 g/mol. The Hall–Kier alpha value is -0.550. The number of fused-ring (bicyclic) bond motifs is 1. The molecule has 24 heavy (non-hydrogen) atoms. The summed E-state index contributed by atoms with van der Waals surface area (Å²) in [5, 5.41) is 13.4. The van der Waals surface area contributed by atoms with Gasteiger partial charge in [0.2, 0.25) is 7.59 Å². The van der Waals surface area contributed by atoms with E-state index in [2.05, 4.69) is 15.4 Å². The lowest BCUT2D eigenvalue weighted by atomic mass is 9.99. The third-order valence-electron chi connectivity index (χ3n) is 3.36. The van der Waals surface area contributed by atoms with Gasteiger partial charge in [0, 0.05) is 5.56 Å². The summed E-state index contributed by atoms with van der Waals surface area (Å²) < 4.78 is -3.83. The van der Waals surface area contributed by atoms with Crippen LogP contribution in [0, 0.1) is 0 Å². The molecule has 9 heteroatoms. The molecule has 124 valence electrons. The lowest BCUT2D eigenvalue weighted by molar-refractivity contribution is 0.801. The normalized spacial score (nSPS) is 12.6. The summed E-state index contributed by atoms with van der Waals surface area (Å²) in [7, 11) is 0. The van der Waals surface area contributed by atoms with Crippen LogP contribution in [-0.4, -0.2) is 15.4 Å². The van der Waals surface area contributed by atoms with Crippen LogP contribution in [0.4, 0.5) is 0 Å². The van der Waals surface area contributed by atoms with Crippen LogP contribution < -0.4 is 0 Å². The number of aromatic nitrogens is 3. The maximum absolute atomic E-state index is 6.12. The predicted octanol–water partition coefficient (Wildman–Crippen LogP) is 6.35.